The molecule has 0 aromatic carbocycles. The highest BCUT2D eigenvalue weighted by molar-refractivity contribution is 5.93. The lowest BCUT2D eigenvalue weighted by Crippen LogP contribution is -2.46. The van der Waals surface area contributed by atoms with Crippen molar-refractivity contribution in [3.05, 3.63) is 11.5 Å². The zero-order valence-corrected chi connectivity index (χ0v) is 5.72. The molecule has 0 atom stereocenters. The maximum atomic E-state index is 11.0. The molecule has 0 radical (unpaired) electrons. The summed E-state index contributed by atoms with van der Waals surface area (Å²) in [4.78, 5) is 12.4. The normalized spacial score (nSPS) is 19.3. The minimum atomic E-state index is -0.226. The number of rotatable bonds is 0. The molecule has 0 aromatic heterocycles. The van der Waals surface area contributed by atoms with Crippen molar-refractivity contribution in [2.45, 2.75) is 0 Å². The summed E-state index contributed by atoms with van der Waals surface area (Å²) in [5, 5.41) is 2.75. The van der Waals surface area contributed by atoms with Crippen molar-refractivity contribution in [2.24, 2.45) is 11.5 Å². The number of hydrogen-bond donors (Lipinski definition) is 3. The molecule has 0 aliphatic carbocycles. The van der Waals surface area contributed by atoms with Gasteiger partial charge in [0, 0.05) is 7.05 Å². The third kappa shape index (κ3) is 0.854. The van der Waals surface area contributed by atoms with Crippen LogP contribution in [0, 0.1) is 0 Å². The molecule has 0 unspecified atom stereocenters. The number of nitrogens with one attached hydrogen (secondary N) is 1. The van der Waals surface area contributed by atoms with Gasteiger partial charge in [-0.05, 0) is 0 Å². The van der Waals surface area contributed by atoms with Crippen LogP contribution in [0.2, 0.25) is 0 Å². The second kappa shape index (κ2) is 2.09. The molecule has 0 fully saturated rings. The second-order valence-corrected chi connectivity index (χ2v) is 2.17. The molecule has 0 saturated heterocycles. The van der Waals surface area contributed by atoms with E-state index in [0.717, 1.165) is 0 Å². The molecule has 1 rings (SSSR count). The smallest absolute Gasteiger partial charge is 0.274 e. The Kier molecular flexibility index (Phi) is 1.41. The number of carbonyl (C=O) groups is 1. The van der Waals surface area contributed by atoms with Crippen molar-refractivity contribution in [3.8, 4) is 0 Å². The average molecular weight is 142 g/mol. The fourth-order valence-electron chi connectivity index (χ4n) is 0.692. The van der Waals surface area contributed by atoms with Crippen molar-refractivity contribution in [2.75, 3.05) is 13.7 Å². The summed E-state index contributed by atoms with van der Waals surface area (Å²) in [6.45, 7) is 0.422. The van der Waals surface area contributed by atoms with Gasteiger partial charge in [0.05, 0.1) is 6.67 Å². The Morgan fingerprint density at radius 3 is 2.70 bits per heavy atom. The van der Waals surface area contributed by atoms with E-state index in [2.05, 4.69) is 5.32 Å². The Morgan fingerprint density at radius 1 is 1.60 bits per heavy atom. The van der Waals surface area contributed by atoms with Crippen molar-refractivity contribution >= 4 is 5.91 Å². The molecule has 1 heterocycles. The Balaban J connectivity index is 2.88. The summed E-state index contributed by atoms with van der Waals surface area (Å²) < 4.78 is 0. The van der Waals surface area contributed by atoms with Crippen molar-refractivity contribution in [3.63, 3.8) is 0 Å². The van der Waals surface area contributed by atoms with Gasteiger partial charge in [-0.1, -0.05) is 0 Å². The standard InChI is InChI=1S/C5H10N4O/c1-9-2-8-4(7)3(6)5(9)10/h8H,2,6-7H2,1H3. The summed E-state index contributed by atoms with van der Waals surface area (Å²) in [7, 11) is 1.65. The van der Waals surface area contributed by atoms with Crippen LogP contribution in [-0.4, -0.2) is 24.5 Å². The van der Waals surface area contributed by atoms with Crippen molar-refractivity contribution in [1.29, 1.82) is 0 Å². The topological polar surface area (TPSA) is 84.4 Å². The number of amides is 1. The molecule has 10 heavy (non-hydrogen) atoms. The molecule has 5 N–H and O–H groups in total. The third-order valence-corrected chi connectivity index (χ3v) is 1.37. The zero-order valence-electron chi connectivity index (χ0n) is 5.72. The molecule has 1 aliphatic rings. The van der Waals surface area contributed by atoms with Gasteiger partial charge in [0.15, 0.2) is 0 Å². The average Bonchev–Trinajstić information content (AvgIpc) is 1.93. The van der Waals surface area contributed by atoms with Crippen LogP contribution in [0.15, 0.2) is 11.5 Å². The SMILES string of the molecule is CN1CNC(N)=C(N)C1=O. The molecule has 5 heteroatoms. The molecule has 0 saturated carbocycles. The van der Waals surface area contributed by atoms with E-state index in [0.29, 0.717) is 6.67 Å². The van der Waals surface area contributed by atoms with Crippen LogP contribution in [0.4, 0.5) is 0 Å². The van der Waals surface area contributed by atoms with Crippen molar-refractivity contribution < 1.29 is 4.79 Å². The minimum Gasteiger partial charge on any atom is -0.391 e. The van der Waals surface area contributed by atoms with Gasteiger partial charge < -0.3 is 21.7 Å². The summed E-state index contributed by atoms with van der Waals surface area (Å²) in [5.74, 6) is 0.0411. The largest absolute Gasteiger partial charge is 0.391 e. The lowest BCUT2D eigenvalue weighted by molar-refractivity contribution is -0.127. The predicted molar refractivity (Wildman–Crippen MR) is 36.2 cm³/mol. The van der Waals surface area contributed by atoms with Crippen LogP contribution in [0.3, 0.4) is 0 Å². The zero-order chi connectivity index (χ0) is 7.72. The Hall–Kier alpha value is -1.39. The van der Waals surface area contributed by atoms with Gasteiger partial charge in [-0.2, -0.15) is 0 Å². The van der Waals surface area contributed by atoms with E-state index >= 15 is 0 Å². The molecule has 56 valence electrons. The quantitative estimate of drug-likeness (QED) is 0.368. The highest BCUT2D eigenvalue weighted by Crippen LogP contribution is 1.99. The molecule has 0 aromatic rings. The monoisotopic (exact) mass is 142 g/mol. The van der Waals surface area contributed by atoms with Crippen LogP contribution in [-0.2, 0) is 4.79 Å². The summed E-state index contributed by atoms with van der Waals surface area (Å²) in [5.41, 5.74) is 10.7. The van der Waals surface area contributed by atoms with Gasteiger partial charge in [-0.25, -0.2) is 0 Å². The third-order valence-electron chi connectivity index (χ3n) is 1.37. The van der Waals surface area contributed by atoms with Gasteiger partial charge in [0.1, 0.15) is 11.5 Å². The van der Waals surface area contributed by atoms with E-state index < -0.39 is 0 Å². The molecular formula is C5H10N4O. The first-order chi connectivity index (χ1) is 4.63. The molecular weight excluding hydrogens is 132 g/mol. The highest BCUT2D eigenvalue weighted by atomic mass is 16.2. The Morgan fingerprint density at radius 2 is 2.20 bits per heavy atom. The minimum absolute atomic E-state index is 0.0914. The predicted octanol–water partition coefficient (Wildman–Crippen LogP) is -1.91. The first-order valence-corrected chi connectivity index (χ1v) is 2.87. The lowest BCUT2D eigenvalue weighted by Gasteiger charge is -2.24. The van der Waals surface area contributed by atoms with Gasteiger partial charge in [-0.15, -0.1) is 0 Å². The van der Waals surface area contributed by atoms with E-state index in [1.165, 1.54) is 4.90 Å². The van der Waals surface area contributed by atoms with E-state index in [-0.39, 0.29) is 17.4 Å². The van der Waals surface area contributed by atoms with E-state index in [9.17, 15) is 4.79 Å². The van der Waals surface area contributed by atoms with Crippen LogP contribution in [0.25, 0.3) is 0 Å². The number of nitrogens with zero attached hydrogens (tertiary/aromatic N) is 1. The maximum Gasteiger partial charge on any atom is 0.274 e. The van der Waals surface area contributed by atoms with Crippen LogP contribution >= 0.6 is 0 Å². The van der Waals surface area contributed by atoms with Gasteiger partial charge in [0.25, 0.3) is 5.91 Å². The number of nitrogens with two attached hydrogens (primary N) is 2. The summed E-state index contributed by atoms with van der Waals surface area (Å²) >= 11 is 0. The van der Waals surface area contributed by atoms with Crippen LogP contribution in [0.5, 0.6) is 0 Å². The van der Waals surface area contributed by atoms with E-state index in [4.69, 9.17) is 11.5 Å². The molecule has 5 nitrogen and oxygen atoms in total. The molecule has 1 amide bonds. The fraction of sp³-hybridized carbons (Fsp3) is 0.400. The maximum absolute atomic E-state index is 11.0. The van der Waals surface area contributed by atoms with Gasteiger partial charge >= 0.3 is 0 Å². The number of likely N-dealkylation sites (N-methyl/N-ethyl adjacent to an activating group) is 1. The number of carbonyl (C=O) groups excluding carboxylic acids is 1. The second-order valence-electron chi connectivity index (χ2n) is 2.17. The molecule has 0 spiro atoms. The number of hydrogen-bond acceptors (Lipinski definition) is 4. The van der Waals surface area contributed by atoms with Gasteiger partial charge in [-0.3, -0.25) is 4.79 Å². The molecule has 1 aliphatic heterocycles. The van der Waals surface area contributed by atoms with Crippen LogP contribution < -0.4 is 16.8 Å². The first-order valence-electron chi connectivity index (χ1n) is 2.87. The Labute approximate surface area is 58.7 Å². The highest BCUT2D eigenvalue weighted by Gasteiger charge is 2.19. The van der Waals surface area contributed by atoms with Crippen LogP contribution in [0.1, 0.15) is 0 Å². The fourth-order valence-corrected chi connectivity index (χ4v) is 0.692. The van der Waals surface area contributed by atoms with E-state index in [1.54, 1.807) is 7.05 Å². The molecule has 0 bridgehead atoms. The van der Waals surface area contributed by atoms with Gasteiger partial charge in [0.2, 0.25) is 0 Å². The first kappa shape index (κ1) is 6.73. The van der Waals surface area contributed by atoms with E-state index in [1.807, 2.05) is 0 Å². The lowest BCUT2D eigenvalue weighted by atomic mass is 10.3. The Bertz CT molecular complexity index is 198. The van der Waals surface area contributed by atoms with Crippen molar-refractivity contribution in [1.82, 2.24) is 10.2 Å². The summed E-state index contributed by atoms with van der Waals surface area (Å²) in [6.07, 6.45) is 0. The summed E-state index contributed by atoms with van der Waals surface area (Å²) in [6, 6.07) is 0.